The Morgan fingerprint density at radius 1 is 1.35 bits per heavy atom. The molecule has 94 valence electrons. The first-order valence-electron chi connectivity index (χ1n) is 5.94. The molecule has 0 aromatic heterocycles. The summed E-state index contributed by atoms with van der Waals surface area (Å²) in [6.45, 7) is 8.56. The number of hydrogen-bond donors (Lipinski definition) is 2. The molecule has 0 aliphatic carbocycles. The number of hydrogen-bond acceptors (Lipinski definition) is 2. The molecule has 0 aliphatic rings. The molecule has 0 fully saturated rings. The van der Waals surface area contributed by atoms with Gasteiger partial charge in [-0.25, -0.2) is 0 Å². The van der Waals surface area contributed by atoms with Crippen molar-refractivity contribution in [2.45, 2.75) is 40.3 Å². The van der Waals surface area contributed by atoms with Crippen molar-refractivity contribution in [1.29, 1.82) is 0 Å². The molecule has 1 aromatic rings. The lowest BCUT2D eigenvalue weighted by Gasteiger charge is -2.19. The zero-order valence-electron chi connectivity index (χ0n) is 10.9. The van der Waals surface area contributed by atoms with Gasteiger partial charge in [-0.1, -0.05) is 32.0 Å². The number of aryl methyl sites for hydroxylation is 1. The van der Waals surface area contributed by atoms with Crippen LogP contribution in [0.3, 0.4) is 0 Å². The van der Waals surface area contributed by atoms with Crippen LogP contribution in [-0.2, 0) is 11.3 Å². The van der Waals surface area contributed by atoms with Gasteiger partial charge in [-0.15, -0.1) is 0 Å². The lowest BCUT2D eigenvalue weighted by Crippen LogP contribution is -2.40. The van der Waals surface area contributed by atoms with E-state index in [1.54, 1.807) is 0 Å². The van der Waals surface area contributed by atoms with Crippen molar-refractivity contribution in [3.63, 3.8) is 0 Å². The van der Waals surface area contributed by atoms with Gasteiger partial charge in [0.15, 0.2) is 0 Å². The molecule has 0 radical (unpaired) electrons. The molecule has 0 aliphatic heterocycles. The predicted molar refractivity (Wildman–Crippen MR) is 69.0 cm³/mol. The third kappa shape index (κ3) is 3.56. The Morgan fingerprint density at radius 2 is 2.00 bits per heavy atom. The minimum Gasteiger partial charge on any atom is -0.480 e. The SMILES string of the molecule is Cc1cccc(CN[C@@H](C(=O)O)C(C)C)c1C. The molecular formula is C14H21NO2. The highest BCUT2D eigenvalue weighted by atomic mass is 16.4. The van der Waals surface area contributed by atoms with Crippen molar-refractivity contribution in [3.05, 3.63) is 34.9 Å². The van der Waals surface area contributed by atoms with E-state index in [1.807, 2.05) is 26.0 Å². The summed E-state index contributed by atoms with van der Waals surface area (Å²) in [6, 6.07) is 5.62. The molecule has 3 nitrogen and oxygen atoms in total. The molecule has 3 heteroatoms. The highest BCUT2D eigenvalue weighted by Gasteiger charge is 2.20. The fourth-order valence-corrected chi connectivity index (χ4v) is 1.83. The van der Waals surface area contributed by atoms with Gasteiger partial charge in [0.1, 0.15) is 6.04 Å². The van der Waals surface area contributed by atoms with E-state index in [0.29, 0.717) is 6.54 Å². The molecule has 0 amide bonds. The maximum absolute atomic E-state index is 11.1. The van der Waals surface area contributed by atoms with Crippen molar-refractivity contribution in [2.75, 3.05) is 0 Å². The van der Waals surface area contributed by atoms with Crippen LogP contribution in [0.1, 0.15) is 30.5 Å². The van der Waals surface area contributed by atoms with E-state index in [2.05, 4.69) is 25.2 Å². The van der Waals surface area contributed by atoms with Gasteiger partial charge >= 0.3 is 5.97 Å². The molecule has 2 N–H and O–H groups in total. The Bertz CT molecular complexity index is 399. The summed E-state index contributed by atoms with van der Waals surface area (Å²) in [6.07, 6.45) is 0. The number of aliphatic carboxylic acids is 1. The van der Waals surface area contributed by atoms with Gasteiger partial charge in [-0.05, 0) is 36.5 Å². The fraction of sp³-hybridized carbons (Fsp3) is 0.500. The fourth-order valence-electron chi connectivity index (χ4n) is 1.83. The minimum atomic E-state index is -0.787. The Morgan fingerprint density at radius 3 is 2.53 bits per heavy atom. The largest absolute Gasteiger partial charge is 0.480 e. The minimum absolute atomic E-state index is 0.0811. The molecule has 0 unspecified atom stereocenters. The van der Waals surface area contributed by atoms with Crippen LogP contribution in [0.5, 0.6) is 0 Å². The molecule has 0 saturated heterocycles. The van der Waals surface area contributed by atoms with Crippen LogP contribution in [0.4, 0.5) is 0 Å². The molecule has 0 bridgehead atoms. The standard InChI is InChI=1S/C14H21NO2/c1-9(2)13(14(16)17)15-8-12-7-5-6-10(3)11(12)4/h5-7,9,13,15H,8H2,1-4H3,(H,16,17)/t13-/m1/s1. The summed E-state index contributed by atoms with van der Waals surface area (Å²) >= 11 is 0. The van der Waals surface area contributed by atoms with Gasteiger partial charge in [0.05, 0.1) is 0 Å². The van der Waals surface area contributed by atoms with E-state index in [4.69, 9.17) is 5.11 Å². The first-order chi connectivity index (χ1) is 7.93. The lowest BCUT2D eigenvalue weighted by atomic mass is 10.0. The monoisotopic (exact) mass is 235 g/mol. The van der Waals surface area contributed by atoms with Crippen molar-refractivity contribution < 1.29 is 9.90 Å². The van der Waals surface area contributed by atoms with Crippen LogP contribution < -0.4 is 5.32 Å². The Hall–Kier alpha value is -1.35. The van der Waals surface area contributed by atoms with Gasteiger partial charge in [0, 0.05) is 6.54 Å². The maximum atomic E-state index is 11.1. The van der Waals surface area contributed by atoms with Crippen molar-refractivity contribution in [1.82, 2.24) is 5.32 Å². The molecular weight excluding hydrogens is 214 g/mol. The third-order valence-corrected chi connectivity index (χ3v) is 3.16. The van der Waals surface area contributed by atoms with Crippen molar-refractivity contribution in [3.8, 4) is 0 Å². The maximum Gasteiger partial charge on any atom is 0.320 e. The first-order valence-corrected chi connectivity index (χ1v) is 5.94. The average Bonchev–Trinajstić information content (AvgIpc) is 2.23. The van der Waals surface area contributed by atoms with Gasteiger partial charge < -0.3 is 10.4 Å². The molecule has 1 atom stereocenters. The summed E-state index contributed by atoms with van der Waals surface area (Å²) < 4.78 is 0. The number of benzene rings is 1. The van der Waals surface area contributed by atoms with Gasteiger partial charge in [-0.3, -0.25) is 4.79 Å². The second-order valence-electron chi connectivity index (χ2n) is 4.80. The number of carboxylic acids is 1. The summed E-state index contributed by atoms with van der Waals surface area (Å²) in [7, 11) is 0. The number of nitrogens with one attached hydrogen (secondary N) is 1. The van der Waals surface area contributed by atoms with Gasteiger partial charge in [-0.2, -0.15) is 0 Å². The number of carboxylic acid groups (broad SMARTS) is 1. The average molecular weight is 235 g/mol. The molecule has 0 heterocycles. The van der Waals surface area contributed by atoms with E-state index >= 15 is 0 Å². The normalized spacial score (nSPS) is 12.8. The van der Waals surface area contributed by atoms with Crippen LogP contribution in [0.25, 0.3) is 0 Å². The Kier molecular flexibility index (Phi) is 4.70. The van der Waals surface area contributed by atoms with Crippen LogP contribution in [-0.4, -0.2) is 17.1 Å². The van der Waals surface area contributed by atoms with Crippen LogP contribution >= 0.6 is 0 Å². The molecule has 0 spiro atoms. The summed E-state index contributed by atoms with van der Waals surface area (Å²) in [5.74, 6) is -0.706. The molecule has 0 saturated carbocycles. The van der Waals surface area contributed by atoms with Gasteiger partial charge in [0.25, 0.3) is 0 Å². The number of carbonyl (C=O) groups is 1. The summed E-state index contributed by atoms with van der Waals surface area (Å²) in [5.41, 5.74) is 3.63. The Balaban J connectivity index is 2.72. The van der Waals surface area contributed by atoms with Crippen molar-refractivity contribution >= 4 is 5.97 Å². The smallest absolute Gasteiger partial charge is 0.320 e. The topological polar surface area (TPSA) is 49.3 Å². The van der Waals surface area contributed by atoms with Crippen LogP contribution in [0, 0.1) is 19.8 Å². The van der Waals surface area contributed by atoms with Crippen molar-refractivity contribution in [2.24, 2.45) is 5.92 Å². The molecule has 1 rings (SSSR count). The predicted octanol–water partition coefficient (Wildman–Crippen LogP) is 2.50. The quantitative estimate of drug-likeness (QED) is 0.824. The van der Waals surface area contributed by atoms with E-state index in [0.717, 1.165) is 5.56 Å². The van der Waals surface area contributed by atoms with E-state index < -0.39 is 12.0 Å². The third-order valence-electron chi connectivity index (χ3n) is 3.16. The lowest BCUT2D eigenvalue weighted by molar-refractivity contribution is -0.140. The number of rotatable bonds is 5. The molecule has 17 heavy (non-hydrogen) atoms. The summed E-state index contributed by atoms with van der Waals surface area (Å²) in [5, 5.41) is 12.2. The first kappa shape index (κ1) is 13.7. The molecule has 1 aromatic carbocycles. The zero-order chi connectivity index (χ0) is 13.0. The van der Waals surface area contributed by atoms with Gasteiger partial charge in [0.2, 0.25) is 0 Å². The zero-order valence-corrected chi connectivity index (χ0v) is 10.9. The van der Waals surface area contributed by atoms with Crippen LogP contribution in [0.2, 0.25) is 0 Å². The second-order valence-corrected chi connectivity index (χ2v) is 4.80. The van der Waals surface area contributed by atoms with Crippen LogP contribution in [0.15, 0.2) is 18.2 Å². The van der Waals surface area contributed by atoms with E-state index in [9.17, 15) is 4.79 Å². The second kappa shape index (κ2) is 5.82. The Labute approximate surface area is 103 Å². The highest BCUT2D eigenvalue weighted by molar-refractivity contribution is 5.73. The highest BCUT2D eigenvalue weighted by Crippen LogP contribution is 2.13. The van der Waals surface area contributed by atoms with E-state index in [1.165, 1.54) is 11.1 Å². The summed E-state index contributed by atoms with van der Waals surface area (Å²) in [4.78, 5) is 11.1. The van der Waals surface area contributed by atoms with E-state index in [-0.39, 0.29) is 5.92 Å².